The number of rotatable bonds is 4. The fourth-order valence-electron chi connectivity index (χ4n) is 1.10. The van der Waals surface area contributed by atoms with E-state index in [1.54, 1.807) is 0 Å². The number of halogens is 1. The van der Waals surface area contributed by atoms with Crippen molar-refractivity contribution in [1.29, 1.82) is 0 Å². The predicted octanol–water partition coefficient (Wildman–Crippen LogP) is 3.23. The van der Waals surface area contributed by atoms with Gasteiger partial charge in [-0.2, -0.15) is 0 Å². The molecule has 1 rings (SSSR count). The molecule has 0 heterocycles. The smallest absolute Gasteiger partial charge is 0.119 e. The van der Waals surface area contributed by atoms with Gasteiger partial charge in [-0.25, -0.2) is 0 Å². The van der Waals surface area contributed by atoms with Crippen LogP contribution in [-0.4, -0.2) is 6.61 Å². The first-order chi connectivity index (χ1) is 7.13. The van der Waals surface area contributed by atoms with E-state index >= 15 is 0 Å². The maximum atomic E-state index is 5.74. The monoisotopic (exact) mass is 225 g/mol. The van der Waals surface area contributed by atoms with E-state index in [0.29, 0.717) is 6.61 Å². The Bertz CT molecular complexity index is 330. The van der Waals surface area contributed by atoms with Crippen LogP contribution in [0.3, 0.4) is 0 Å². The molecular formula is C12H16ClNO. The maximum absolute atomic E-state index is 5.74. The van der Waals surface area contributed by atoms with Crippen LogP contribution in [0.4, 0.5) is 0 Å². The second-order valence-corrected chi connectivity index (χ2v) is 3.82. The topological polar surface area (TPSA) is 35.2 Å². The first kappa shape index (κ1) is 12.1. The summed E-state index contributed by atoms with van der Waals surface area (Å²) in [4.78, 5) is 0. The van der Waals surface area contributed by atoms with Crippen molar-refractivity contribution in [2.75, 3.05) is 6.61 Å². The molecule has 0 amide bonds. The van der Waals surface area contributed by atoms with E-state index in [-0.39, 0.29) is 6.04 Å². The second kappa shape index (κ2) is 5.79. The van der Waals surface area contributed by atoms with Crippen molar-refractivity contribution in [3.05, 3.63) is 40.9 Å². The van der Waals surface area contributed by atoms with Crippen LogP contribution in [0.1, 0.15) is 25.5 Å². The average Bonchev–Trinajstić information content (AvgIpc) is 2.26. The Kier molecular flexibility index (Phi) is 4.66. The number of benzene rings is 1. The van der Waals surface area contributed by atoms with Gasteiger partial charge < -0.3 is 10.5 Å². The molecule has 2 nitrogen and oxygen atoms in total. The molecule has 1 atom stereocenters. The fourth-order valence-corrected chi connectivity index (χ4v) is 1.16. The van der Waals surface area contributed by atoms with Crippen LogP contribution in [0.25, 0.3) is 0 Å². The Morgan fingerprint density at radius 1 is 1.47 bits per heavy atom. The van der Waals surface area contributed by atoms with Crippen LogP contribution in [0, 0.1) is 0 Å². The second-order valence-electron chi connectivity index (χ2n) is 3.60. The molecule has 0 aliphatic heterocycles. The lowest BCUT2D eigenvalue weighted by Crippen LogP contribution is -2.04. The molecule has 0 saturated heterocycles. The van der Waals surface area contributed by atoms with Crippen molar-refractivity contribution in [3.63, 3.8) is 0 Å². The molecule has 0 saturated carbocycles. The molecule has 0 spiro atoms. The van der Waals surface area contributed by atoms with Gasteiger partial charge in [-0.3, -0.25) is 0 Å². The first-order valence-corrected chi connectivity index (χ1v) is 5.31. The van der Waals surface area contributed by atoms with Crippen molar-refractivity contribution in [2.45, 2.75) is 19.9 Å². The lowest BCUT2D eigenvalue weighted by molar-refractivity contribution is 0.352. The van der Waals surface area contributed by atoms with Gasteiger partial charge in [0.15, 0.2) is 0 Å². The molecule has 15 heavy (non-hydrogen) atoms. The molecule has 0 aromatic heterocycles. The zero-order chi connectivity index (χ0) is 11.3. The highest BCUT2D eigenvalue weighted by molar-refractivity contribution is 6.25. The average molecular weight is 226 g/mol. The van der Waals surface area contributed by atoms with Crippen LogP contribution < -0.4 is 10.5 Å². The van der Waals surface area contributed by atoms with Crippen LogP contribution >= 0.6 is 11.6 Å². The third kappa shape index (κ3) is 3.94. The molecule has 0 bridgehead atoms. The lowest BCUT2D eigenvalue weighted by Gasteiger charge is -2.08. The Labute approximate surface area is 95.7 Å². The normalized spacial score (nSPS) is 13.7. The quantitative estimate of drug-likeness (QED) is 0.854. The van der Waals surface area contributed by atoms with Crippen LogP contribution in [0.5, 0.6) is 5.75 Å². The van der Waals surface area contributed by atoms with E-state index in [1.165, 1.54) is 5.54 Å². The van der Waals surface area contributed by atoms with Crippen LogP contribution in [0.2, 0.25) is 0 Å². The highest BCUT2D eigenvalue weighted by Crippen LogP contribution is 2.16. The van der Waals surface area contributed by atoms with Gasteiger partial charge in [-0.15, -0.1) is 0 Å². The summed E-state index contributed by atoms with van der Waals surface area (Å²) in [6.45, 7) is 4.39. The van der Waals surface area contributed by atoms with E-state index in [2.05, 4.69) is 0 Å². The summed E-state index contributed by atoms with van der Waals surface area (Å²) in [5.74, 6) is 0.831. The highest BCUT2D eigenvalue weighted by Gasteiger charge is 1.99. The summed E-state index contributed by atoms with van der Waals surface area (Å²) >= 11 is 5.53. The first-order valence-electron chi connectivity index (χ1n) is 4.87. The minimum atomic E-state index is 0.0588. The van der Waals surface area contributed by atoms with Crippen molar-refractivity contribution >= 4 is 11.6 Å². The van der Waals surface area contributed by atoms with E-state index in [0.717, 1.165) is 16.9 Å². The third-order valence-electron chi connectivity index (χ3n) is 2.06. The van der Waals surface area contributed by atoms with E-state index in [1.807, 2.05) is 38.1 Å². The Balaban J connectivity index is 2.57. The van der Waals surface area contributed by atoms with Gasteiger partial charge in [0, 0.05) is 11.6 Å². The molecule has 0 radical (unpaired) electrons. The summed E-state index contributed by atoms with van der Waals surface area (Å²) in [5.41, 5.74) is 9.36. The summed E-state index contributed by atoms with van der Waals surface area (Å²) in [5, 5.41) is 0. The lowest BCUT2D eigenvalue weighted by atomic mass is 10.1. The van der Waals surface area contributed by atoms with E-state index in [4.69, 9.17) is 22.1 Å². The fraction of sp³-hybridized carbons (Fsp3) is 0.333. The van der Waals surface area contributed by atoms with Crippen molar-refractivity contribution in [1.82, 2.24) is 0 Å². The number of ether oxygens (including phenoxy) is 1. The predicted molar refractivity (Wildman–Crippen MR) is 64.1 cm³/mol. The Morgan fingerprint density at radius 2 is 2.07 bits per heavy atom. The summed E-state index contributed by atoms with van der Waals surface area (Å²) < 4.78 is 5.50. The largest absolute Gasteiger partial charge is 0.489 e. The van der Waals surface area contributed by atoms with Gasteiger partial charge in [-0.05, 0) is 37.1 Å². The van der Waals surface area contributed by atoms with Gasteiger partial charge in [0.05, 0.1) is 0 Å². The Hall–Kier alpha value is -0.990. The summed E-state index contributed by atoms with van der Waals surface area (Å²) in [6.07, 6.45) is 0. The van der Waals surface area contributed by atoms with Gasteiger partial charge in [0.2, 0.25) is 0 Å². The molecular weight excluding hydrogens is 210 g/mol. The van der Waals surface area contributed by atoms with Crippen molar-refractivity contribution in [3.8, 4) is 5.75 Å². The molecule has 1 unspecified atom stereocenters. The summed E-state index contributed by atoms with van der Waals surface area (Å²) in [6, 6.07) is 7.84. The Morgan fingerprint density at radius 3 is 2.53 bits per heavy atom. The SMILES string of the molecule is C/C(=C\Cl)COc1ccc(C(C)N)cc1. The summed E-state index contributed by atoms with van der Waals surface area (Å²) in [7, 11) is 0. The van der Waals surface area contributed by atoms with Crippen molar-refractivity contribution < 1.29 is 4.74 Å². The zero-order valence-electron chi connectivity index (χ0n) is 9.03. The molecule has 0 fully saturated rings. The minimum Gasteiger partial charge on any atom is -0.489 e. The van der Waals surface area contributed by atoms with Gasteiger partial charge >= 0.3 is 0 Å². The zero-order valence-corrected chi connectivity index (χ0v) is 9.79. The third-order valence-corrected chi connectivity index (χ3v) is 2.43. The molecule has 2 N–H and O–H groups in total. The number of nitrogens with two attached hydrogens (primary N) is 1. The molecule has 82 valence electrons. The van der Waals surface area contributed by atoms with E-state index < -0.39 is 0 Å². The molecule has 1 aromatic rings. The molecule has 3 heteroatoms. The highest BCUT2D eigenvalue weighted by atomic mass is 35.5. The minimum absolute atomic E-state index is 0.0588. The van der Waals surface area contributed by atoms with E-state index in [9.17, 15) is 0 Å². The van der Waals surface area contributed by atoms with Gasteiger partial charge in [0.1, 0.15) is 12.4 Å². The van der Waals surface area contributed by atoms with Gasteiger partial charge in [-0.1, -0.05) is 23.7 Å². The number of hydrogen-bond acceptors (Lipinski definition) is 2. The van der Waals surface area contributed by atoms with Crippen molar-refractivity contribution in [2.24, 2.45) is 5.73 Å². The van der Waals surface area contributed by atoms with Crippen LogP contribution in [-0.2, 0) is 0 Å². The number of hydrogen-bond donors (Lipinski definition) is 1. The molecule has 0 aliphatic rings. The molecule has 1 aromatic carbocycles. The standard InChI is InChI=1S/C12H16ClNO/c1-9(7-13)8-15-12-5-3-11(4-6-12)10(2)14/h3-7,10H,8,14H2,1-2H3/b9-7+. The maximum Gasteiger partial charge on any atom is 0.119 e. The van der Waals surface area contributed by atoms with Gasteiger partial charge in [0.25, 0.3) is 0 Å². The van der Waals surface area contributed by atoms with Crippen LogP contribution in [0.15, 0.2) is 35.4 Å². The molecule has 0 aliphatic carbocycles.